The van der Waals surface area contributed by atoms with Gasteiger partial charge in [0.05, 0.1) is 0 Å². The van der Waals surface area contributed by atoms with Gasteiger partial charge in [-0.15, -0.1) is 0 Å². The molecule has 5 nitrogen and oxygen atoms in total. The van der Waals surface area contributed by atoms with Crippen LogP contribution in [-0.2, 0) is 0 Å². The van der Waals surface area contributed by atoms with Gasteiger partial charge in [-0.2, -0.15) is 0 Å². The van der Waals surface area contributed by atoms with Gasteiger partial charge in [-0.3, -0.25) is 4.79 Å². The third kappa shape index (κ3) is 2.77. The zero-order chi connectivity index (χ0) is 13.0. The van der Waals surface area contributed by atoms with Gasteiger partial charge in [-0.1, -0.05) is 28.1 Å². The maximum absolute atomic E-state index is 11.8. The molecular weight excluding hydrogens is 298 g/mol. The standard InChI is InChI=1S/C12H12BrN3O2/c13-9-3-1-8(2-4-9)11-10(16-7-18-11)12(17)15-6-5-14/h1-4,7H,5-6,14H2,(H,15,17). The predicted molar refractivity (Wildman–Crippen MR) is 71.0 cm³/mol. The molecule has 2 rings (SSSR count). The van der Waals surface area contributed by atoms with Crippen LogP contribution in [0.3, 0.4) is 0 Å². The molecule has 0 saturated carbocycles. The minimum atomic E-state index is -0.285. The number of benzene rings is 1. The summed E-state index contributed by atoms with van der Waals surface area (Å²) in [5.41, 5.74) is 6.40. The number of carbonyl (C=O) groups excluding carboxylic acids is 1. The van der Waals surface area contributed by atoms with Crippen molar-refractivity contribution in [2.75, 3.05) is 13.1 Å². The van der Waals surface area contributed by atoms with Gasteiger partial charge in [-0.25, -0.2) is 4.98 Å². The summed E-state index contributed by atoms with van der Waals surface area (Å²) in [6.07, 6.45) is 1.26. The number of halogens is 1. The van der Waals surface area contributed by atoms with E-state index in [9.17, 15) is 4.79 Å². The summed E-state index contributed by atoms with van der Waals surface area (Å²) in [4.78, 5) is 15.8. The maximum atomic E-state index is 11.8. The Kier molecular flexibility index (Phi) is 4.11. The first-order valence-electron chi connectivity index (χ1n) is 5.40. The molecule has 0 fully saturated rings. The van der Waals surface area contributed by atoms with Gasteiger partial charge >= 0.3 is 0 Å². The van der Waals surface area contributed by atoms with E-state index in [0.717, 1.165) is 10.0 Å². The zero-order valence-electron chi connectivity index (χ0n) is 9.52. The molecule has 0 radical (unpaired) electrons. The fourth-order valence-corrected chi connectivity index (χ4v) is 1.75. The Labute approximate surface area is 113 Å². The topological polar surface area (TPSA) is 81.1 Å². The van der Waals surface area contributed by atoms with E-state index in [-0.39, 0.29) is 11.6 Å². The van der Waals surface area contributed by atoms with Crippen LogP contribution in [0, 0.1) is 0 Å². The largest absolute Gasteiger partial charge is 0.443 e. The number of rotatable bonds is 4. The van der Waals surface area contributed by atoms with Crippen molar-refractivity contribution in [3.05, 3.63) is 40.8 Å². The Hall–Kier alpha value is -1.66. The minimum Gasteiger partial charge on any atom is -0.443 e. The van der Waals surface area contributed by atoms with Crippen LogP contribution in [0.4, 0.5) is 0 Å². The predicted octanol–water partition coefficient (Wildman–Crippen LogP) is 1.79. The van der Waals surface area contributed by atoms with E-state index >= 15 is 0 Å². The number of amides is 1. The van der Waals surface area contributed by atoms with E-state index in [0.29, 0.717) is 18.8 Å². The smallest absolute Gasteiger partial charge is 0.273 e. The molecule has 1 amide bonds. The van der Waals surface area contributed by atoms with Gasteiger partial charge in [0.25, 0.3) is 5.91 Å². The van der Waals surface area contributed by atoms with Crippen molar-refractivity contribution in [1.29, 1.82) is 0 Å². The molecule has 0 unspecified atom stereocenters. The average Bonchev–Trinajstić information content (AvgIpc) is 2.86. The number of hydrogen-bond donors (Lipinski definition) is 2. The molecule has 1 heterocycles. The number of hydrogen-bond acceptors (Lipinski definition) is 4. The SMILES string of the molecule is NCCNC(=O)c1ncoc1-c1ccc(Br)cc1. The fraction of sp³-hybridized carbons (Fsp3) is 0.167. The van der Waals surface area contributed by atoms with E-state index in [1.165, 1.54) is 6.39 Å². The van der Waals surface area contributed by atoms with Gasteiger partial charge in [0.2, 0.25) is 0 Å². The number of nitrogens with zero attached hydrogens (tertiary/aromatic N) is 1. The van der Waals surface area contributed by atoms with Crippen LogP contribution in [0.25, 0.3) is 11.3 Å². The highest BCUT2D eigenvalue weighted by molar-refractivity contribution is 9.10. The Morgan fingerprint density at radius 2 is 2.11 bits per heavy atom. The summed E-state index contributed by atoms with van der Waals surface area (Å²) in [5, 5.41) is 2.66. The molecule has 0 atom stereocenters. The first-order valence-corrected chi connectivity index (χ1v) is 6.19. The van der Waals surface area contributed by atoms with Crippen LogP contribution in [0.15, 0.2) is 39.5 Å². The molecule has 0 saturated heterocycles. The van der Waals surface area contributed by atoms with Crippen LogP contribution < -0.4 is 11.1 Å². The summed E-state index contributed by atoms with van der Waals surface area (Å²) >= 11 is 3.35. The number of nitrogens with one attached hydrogen (secondary N) is 1. The first kappa shape index (κ1) is 12.8. The average molecular weight is 310 g/mol. The minimum absolute atomic E-state index is 0.269. The van der Waals surface area contributed by atoms with Crippen LogP contribution >= 0.6 is 15.9 Å². The quantitative estimate of drug-likeness (QED) is 0.902. The van der Waals surface area contributed by atoms with Crippen molar-refractivity contribution >= 4 is 21.8 Å². The summed E-state index contributed by atoms with van der Waals surface area (Å²) < 4.78 is 6.23. The van der Waals surface area contributed by atoms with E-state index in [4.69, 9.17) is 10.2 Å². The molecule has 3 N–H and O–H groups in total. The number of oxazole rings is 1. The third-order valence-electron chi connectivity index (χ3n) is 2.32. The van der Waals surface area contributed by atoms with Gasteiger partial charge in [0, 0.05) is 23.1 Å². The van der Waals surface area contributed by atoms with Crippen molar-refractivity contribution < 1.29 is 9.21 Å². The Bertz CT molecular complexity index is 537. The number of aromatic nitrogens is 1. The van der Waals surface area contributed by atoms with Gasteiger partial charge < -0.3 is 15.5 Å². The lowest BCUT2D eigenvalue weighted by atomic mass is 10.1. The van der Waals surface area contributed by atoms with Crippen LogP contribution in [0.1, 0.15) is 10.5 Å². The molecule has 0 spiro atoms. The fourth-order valence-electron chi connectivity index (χ4n) is 1.48. The number of nitrogens with two attached hydrogens (primary N) is 1. The highest BCUT2D eigenvalue weighted by Gasteiger charge is 2.17. The second-order valence-electron chi connectivity index (χ2n) is 3.58. The molecule has 0 bridgehead atoms. The van der Waals surface area contributed by atoms with Gasteiger partial charge in [0.15, 0.2) is 17.8 Å². The van der Waals surface area contributed by atoms with E-state index in [1.54, 1.807) is 0 Å². The van der Waals surface area contributed by atoms with Gasteiger partial charge in [0.1, 0.15) is 0 Å². The molecule has 0 aliphatic heterocycles. The summed E-state index contributed by atoms with van der Waals surface area (Å²) in [6, 6.07) is 7.45. The second kappa shape index (κ2) is 5.79. The lowest BCUT2D eigenvalue weighted by Gasteiger charge is -2.03. The van der Waals surface area contributed by atoms with Crippen molar-refractivity contribution in [1.82, 2.24) is 10.3 Å². The second-order valence-corrected chi connectivity index (χ2v) is 4.50. The Morgan fingerprint density at radius 1 is 1.39 bits per heavy atom. The van der Waals surface area contributed by atoms with E-state index in [1.807, 2.05) is 24.3 Å². The molecular formula is C12H12BrN3O2. The first-order chi connectivity index (χ1) is 8.72. The summed E-state index contributed by atoms with van der Waals surface area (Å²) in [6.45, 7) is 0.794. The molecule has 94 valence electrons. The zero-order valence-corrected chi connectivity index (χ0v) is 11.1. The van der Waals surface area contributed by atoms with Gasteiger partial charge in [-0.05, 0) is 12.1 Å². The lowest BCUT2D eigenvalue weighted by molar-refractivity contribution is 0.0950. The maximum Gasteiger partial charge on any atom is 0.273 e. The normalized spacial score (nSPS) is 10.3. The summed E-state index contributed by atoms with van der Waals surface area (Å²) in [5.74, 6) is 0.171. The molecule has 1 aromatic heterocycles. The summed E-state index contributed by atoms with van der Waals surface area (Å²) in [7, 11) is 0. The van der Waals surface area contributed by atoms with Crippen molar-refractivity contribution in [2.45, 2.75) is 0 Å². The van der Waals surface area contributed by atoms with Crippen LogP contribution in [0.2, 0.25) is 0 Å². The Morgan fingerprint density at radius 3 is 2.78 bits per heavy atom. The molecule has 0 aliphatic carbocycles. The van der Waals surface area contributed by atoms with Crippen LogP contribution in [-0.4, -0.2) is 24.0 Å². The van der Waals surface area contributed by atoms with E-state index in [2.05, 4.69) is 26.2 Å². The van der Waals surface area contributed by atoms with Crippen molar-refractivity contribution in [3.8, 4) is 11.3 Å². The van der Waals surface area contributed by atoms with Crippen LogP contribution in [0.5, 0.6) is 0 Å². The van der Waals surface area contributed by atoms with Crippen molar-refractivity contribution in [2.24, 2.45) is 5.73 Å². The molecule has 1 aromatic carbocycles. The monoisotopic (exact) mass is 309 g/mol. The van der Waals surface area contributed by atoms with E-state index < -0.39 is 0 Å². The Balaban J connectivity index is 2.27. The third-order valence-corrected chi connectivity index (χ3v) is 2.85. The van der Waals surface area contributed by atoms with Crippen molar-refractivity contribution in [3.63, 3.8) is 0 Å². The molecule has 18 heavy (non-hydrogen) atoms. The highest BCUT2D eigenvalue weighted by atomic mass is 79.9. The highest BCUT2D eigenvalue weighted by Crippen LogP contribution is 2.24. The molecule has 0 aliphatic rings. The number of carbonyl (C=O) groups is 1. The molecule has 6 heteroatoms. The lowest BCUT2D eigenvalue weighted by Crippen LogP contribution is -2.29. The molecule has 2 aromatic rings.